The molecule has 1 amide bonds. The van der Waals surface area contributed by atoms with E-state index in [1.807, 2.05) is 19.1 Å². The molecule has 0 saturated carbocycles. The van der Waals surface area contributed by atoms with E-state index in [1.165, 1.54) is 22.8 Å². The van der Waals surface area contributed by atoms with E-state index in [-0.39, 0.29) is 23.1 Å². The number of aryl methyl sites for hydroxylation is 2. The van der Waals surface area contributed by atoms with Gasteiger partial charge >= 0.3 is 6.18 Å². The third-order valence-corrected chi connectivity index (χ3v) is 5.63. The van der Waals surface area contributed by atoms with Gasteiger partial charge in [0.25, 0.3) is 5.91 Å². The molecule has 1 aromatic heterocycles. The lowest BCUT2D eigenvalue weighted by Gasteiger charge is -2.30. The summed E-state index contributed by atoms with van der Waals surface area (Å²) in [6.45, 7) is 3.55. The van der Waals surface area contributed by atoms with Gasteiger partial charge in [0.05, 0.1) is 11.0 Å². The molecule has 4 aromatic rings. The Balaban J connectivity index is 1.81. The molecule has 0 aliphatic carbocycles. The molecule has 34 heavy (non-hydrogen) atoms. The normalized spacial score (nSPS) is 13.6. The number of nitrogens with zero attached hydrogens (tertiary/aromatic N) is 2. The molecule has 0 fully saturated rings. The molecule has 1 unspecified atom stereocenters. The van der Waals surface area contributed by atoms with Crippen LogP contribution in [0.3, 0.4) is 0 Å². The monoisotopic (exact) mass is 471 g/mol. The van der Waals surface area contributed by atoms with Crippen LogP contribution in [0.2, 0.25) is 0 Å². The van der Waals surface area contributed by atoms with E-state index in [9.17, 15) is 27.5 Å². The molecule has 176 valence electrons. The third-order valence-electron chi connectivity index (χ3n) is 5.63. The molecule has 1 atom stereocenters. The maximum Gasteiger partial charge on any atom is 0.428 e. The van der Waals surface area contributed by atoms with Crippen LogP contribution in [-0.4, -0.2) is 26.7 Å². The third kappa shape index (κ3) is 4.03. The number of imidazole rings is 1. The summed E-state index contributed by atoms with van der Waals surface area (Å²) >= 11 is 0. The van der Waals surface area contributed by atoms with Gasteiger partial charge in [-0.3, -0.25) is 4.79 Å². The van der Waals surface area contributed by atoms with Crippen LogP contribution in [-0.2, 0) is 12.1 Å². The Labute approximate surface area is 192 Å². The quantitative estimate of drug-likeness (QED) is 0.375. The van der Waals surface area contributed by atoms with Crippen LogP contribution in [0.25, 0.3) is 11.0 Å². The summed E-state index contributed by atoms with van der Waals surface area (Å²) in [6, 6.07) is 14.9. The zero-order chi connectivity index (χ0) is 24.7. The number of halogens is 4. The number of benzene rings is 3. The fourth-order valence-electron chi connectivity index (χ4n) is 3.81. The molecular formula is C25H21F4N3O2. The molecule has 0 saturated heterocycles. The van der Waals surface area contributed by atoms with Crippen molar-refractivity contribution in [3.8, 4) is 0 Å². The van der Waals surface area contributed by atoms with E-state index in [1.54, 1.807) is 19.1 Å². The second-order valence-corrected chi connectivity index (χ2v) is 7.92. The van der Waals surface area contributed by atoms with Gasteiger partial charge in [-0.15, -0.1) is 0 Å². The first-order valence-corrected chi connectivity index (χ1v) is 10.5. The predicted molar refractivity (Wildman–Crippen MR) is 120 cm³/mol. The molecule has 0 aliphatic heterocycles. The van der Waals surface area contributed by atoms with E-state index in [0.717, 1.165) is 29.8 Å². The minimum atomic E-state index is -5.15. The molecule has 9 heteroatoms. The first kappa shape index (κ1) is 23.4. The van der Waals surface area contributed by atoms with E-state index < -0.39 is 34.9 Å². The molecule has 5 nitrogen and oxygen atoms in total. The number of fused-ring (bicyclic) bond motifs is 1. The zero-order valence-electron chi connectivity index (χ0n) is 18.3. The van der Waals surface area contributed by atoms with Crippen LogP contribution < -0.4 is 5.32 Å². The second-order valence-electron chi connectivity index (χ2n) is 7.92. The number of hydrogen-bond acceptors (Lipinski definition) is 3. The number of alkyl halides is 3. The van der Waals surface area contributed by atoms with Crippen molar-refractivity contribution in [1.82, 2.24) is 9.55 Å². The Morgan fingerprint density at radius 2 is 1.68 bits per heavy atom. The molecule has 4 rings (SSSR count). The summed E-state index contributed by atoms with van der Waals surface area (Å²) in [6.07, 6.45) is -5.15. The Morgan fingerprint density at radius 1 is 1.03 bits per heavy atom. The lowest BCUT2D eigenvalue weighted by molar-refractivity contribution is -0.252. The summed E-state index contributed by atoms with van der Waals surface area (Å²) in [7, 11) is 0. The second kappa shape index (κ2) is 8.57. The molecule has 0 radical (unpaired) electrons. The van der Waals surface area contributed by atoms with Crippen molar-refractivity contribution >= 4 is 22.6 Å². The van der Waals surface area contributed by atoms with Crippen molar-refractivity contribution in [2.45, 2.75) is 32.2 Å². The highest BCUT2D eigenvalue weighted by Crippen LogP contribution is 2.44. The molecule has 0 bridgehead atoms. The van der Waals surface area contributed by atoms with Crippen LogP contribution in [0.5, 0.6) is 0 Å². The van der Waals surface area contributed by atoms with Gasteiger partial charge in [-0.05, 0) is 56.3 Å². The lowest BCUT2D eigenvalue weighted by Crippen LogP contribution is -2.45. The van der Waals surface area contributed by atoms with Gasteiger partial charge in [-0.1, -0.05) is 29.8 Å². The Morgan fingerprint density at radius 3 is 2.26 bits per heavy atom. The maximum atomic E-state index is 14.2. The highest BCUT2D eigenvalue weighted by atomic mass is 19.4. The molecule has 0 spiro atoms. The molecule has 2 N–H and O–H groups in total. The van der Waals surface area contributed by atoms with Crippen LogP contribution in [0.4, 0.5) is 23.2 Å². The highest BCUT2D eigenvalue weighted by Gasteiger charge is 2.59. The van der Waals surface area contributed by atoms with E-state index in [2.05, 4.69) is 10.3 Å². The molecule has 0 aliphatic rings. The number of carbonyl (C=O) groups is 1. The SMILES string of the molecule is CCn1c(C(O)(c2ccc(F)cc2)C(F)(F)F)nc2ccc(C(=O)Nc3ccc(C)cc3)cc21. The van der Waals surface area contributed by atoms with Crippen LogP contribution in [0.15, 0.2) is 66.7 Å². The summed E-state index contributed by atoms with van der Waals surface area (Å²) in [4.78, 5) is 16.8. The number of carbonyl (C=O) groups excluding carboxylic acids is 1. The minimum Gasteiger partial charge on any atom is -0.370 e. The Bertz CT molecular complexity index is 1350. The highest BCUT2D eigenvalue weighted by molar-refractivity contribution is 6.06. The topological polar surface area (TPSA) is 67.1 Å². The zero-order valence-corrected chi connectivity index (χ0v) is 18.3. The van der Waals surface area contributed by atoms with Gasteiger partial charge < -0.3 is 15.0 Å². The standard InChI is InChI=1S/C25H21F4N3O2/c1-3-32-21-14-16(22(33)30-19-11-4-15(2)5-12-19)6-13-20(21)31-23(32)24(34,25(27,28)29)17-7-9-18(26)10-8-17/h4-14,34H,3H2,1-2H3,(H,30,33). The first-order valence-electron chi connectivity index (χ1n) is 10.5. The average molecular weight is 471 g/mol. The van der Waals surface area contributed by atoms with Crippen molar-refractivity contribution < 1.29 is 27.5 Å². The van der Waals surface area contributed by atoms with Crippen molar-refractivity contribution in [3.05, 3.63) is 95.1 Å². The first-order chi connectivity index (χ1) is 16.0. The summed E-state index contributed by atoms with van der Waals surface area (Å²) in [5.41, 5.74) is -1.82. The number of nitrogens with one attached hydrogen (secondary N) is 1. The Kier molecular flexibility index (Phi) is 5.91. The molecular weight excluding hydrogens is 450 g/mol. The fraction of sp³-hybridized carbons (Fsp3) is 0.200. The van der Waals surface area contributed by atoms with Crippen molar-refractivity contribution in [3.63, 3.8) is 0 Å². The average Bonchev–Trinajstić information content (AvgIpc) is 3.18. The van der Waals surface area contributed by atoms with Crippen LogP contribution in [0, 0.1) is 12.7 Å². The van der Waals surface area contributed by atoms with Crippen LogP contribution >= 0.6 is 0 Å². The largest absolute Gasteiger partial charge is 0.428 e. The number of hydrogen-bond donors (Lipinski definition) is 2. The smallest absolute Gasteiger partial charge is 0.370 e. The number of aliphatic hydroxyl groups is 1. The van der Waals surface area contributed by atoms with Gasteiger partial charge in [0.2, 0.25) is 5.60 Å². The van der Waals surface area contributed by atoms with Crippen LogP contribution in [0.1, 0.15) is 34.2 Å². The lowest BCUT2D eigenvalue weighted by atomic mass is 9.92. The van der Waals surface area contributed by atoms with Gasteiger partial charge in [-0.25, -0.2) is 9.37 Å². The van der Waals surface area contributed by atoms with E-state index >= 15 is 0 Å². The number of rotatable bonds is 5. The molecule has 1 heterocycles. The van der Waals surface area contributed by atoms with E-state index in [0.29, 0.717) is 5.69 Å². The summed E-state index contributed by atoms with van der Waals surface area (Å²) in [5, 5.41) is 13.7. The summed E-state index contributed by atoms with van der Waals surface area (Å²) in [5.74, 6) is -1.84. The van der Waals surface area contributed by atoms with Gasteiger partial charge in [0.1, 0.15) is 5.82 Å². The minimum absolute atomic E-state index is 0.0362. The summed E-state index contributed by atoms with van der Waals surface area (Å²) < 4.78 is 57.3. The van der Waals surface area contributed by atoms with Gasteiger partial charge in [-0.2, -0.15) is 13.2 Å². The number of anilines is 1. The predicted octanol–water partition coefficient (Wildman–Crippen LogP) is 5.55. The van der Waals surface area contributed by atoms with Crippen molar-refractivity contribution in [2.24, 2.45) is 0 Å². The Hall–Kier alpha value is -3.72. The van der Waals surface area contributed by atoms with E-state index in [4.69, 9.17) is 0 Å². The molecule has 3 aromatic carbocycles. The maximum absolute atomic E-state index is 14.2. The fourth-order valence-corrected chi connectivity index (χ4v) is 3.81. The number of amides is 1. The van der Waals surface area contributed by atoms with Crippen molar-refractivity contribution in [2.75, 3.05) is 5.32 Å². The number of aromatic nitrogens is 2. The van der Waals surface area contributed by atoms with Gasteiger partial charge in [0.15, 0.2) is 5.82 Å². The van der Waals surface area contributed by atoms with Gasteiger partial charge in [0, 0.05) is 23.4 Å². The van der Waals surface area contributed by atoms with Crippen molar-refractivity contribution in [1.29, 1.82) is 0 Å².